The second kappa shape index (κ2) is 9.50. The largest absolute Gasteiger partial charge is 0.386 e. The van der Waals surface area contributed by atoms with Crippen LogP contribution < -0.4 is 10.6 Å². The number of amides is 3. The molecule has 28 heavy (non-hydrogen) atoms. The molecule has 0 aliphatic carbocycles. The Labute approximate surface area is 162 Å². The zero-order valence-electron chi connectivity index (χ0n) is 15.2. The Kier molecular flexibility index (Phi) is 6.56. The summed E-state index contributed by atoms with van der Waals surface area (Å²) < 4.78 is 13.1. The number of nitrogens with one attached hydrogen (secondary N) is 2. The summed E-state index contributed by atoms with van der Waals surface area (Å²) in [4.78, 5) is 30.8. The first-order valence-corrected chi connectivity index (χ1v) is 8.94. The molecule has 2 aromatic carbocycles. The van der Waals surface area contributed by atoms with Crippen LogP contribution >= 0.6 is 0 Å². The number of carbonyl (C=O) groups excluding carboxylic acids is 2. The summed E-state index contributed by atoms with van der Waals surface area (Å²) in [5.41, 5.74) is 1.90. The number of nitrogens with zero attached hydrogens (tertiary/aromatic N) is 2. The Hall–Kier alpha value is -3.42. The van der Waals surface area contributed by atoms with Crippen molar-refractivity contribution in [1.82, 2.24) is 4.90 Å². The molecule has 0 unspecified atom stereocenters. The predicted octanol–water partition coefficient (Wildman–Crippen LogP) is 3.46. The van der Waals surface area contributed by atoms with Gasteiger partial charge in [0.2, 0.25) is 0 Å². The number of hydrogen-bond donors (Lipinski definition) is 2. The zero-order chi connectivity index (χ0) is 19.8. The maximum atomic E-state index is 13.1. The second-order valence-electron chi connectivity index (χ2n) is 6.27. The van der Waals surface area contributed by atoms with Crippen LogP contribution in [0.25, 0.3) is 0 Å². The number of hydrogen-bond acceptors (Lipinski definition) is 4. The molecule has 1 aliphatic heterocycles. The summed E-state index contributed by atoms with van der Waals surface area (Å²) in [6.07, 6.45) is 1.15. The summed E-state index contributed by atoms with van der Waals surface area (Å²) in [5, 5.41) is 9.36. The van der Waals surface area contributed by atoms with Gasteiger partial charge in [0.25, 0.3) is 5.91 Å². The third-order valence-electron chi connectivity index (χ3n) is 4.15. The fourth-order valence-corrected chi connectivity index (χ4v) is 2.73. The number of halogens is 1. The SMILES string of the molecule is O=C(CON=C1CCN(C(=O)Nc2ccccc2)CC1)Nc1cccc(F)c1. The Balaban J connectivity index is 1.39. The van der Waals surface area contributed by atoms with Crippen molar-refractivity contribution < 1.29 is 18.8 Å². The topological polar surface area (TPSA) is 83.0 Å². The van der Waals surface area contributed by atoms with E-state index in [1.807, 2.05) is 30.3 Å². The van der Waals surface area contributed by atoms with Crippen molar-refractivity contribution >= 4 is 29.0 Å². The van der Waals surface area contributed by atoms with Gasteiger partial charge in [-0.3, -0.25) is 4.79 Å². The van der Waals surface area contributed by atoms with Gasteiger partial charge in [-0.15, -0.1) is 0 Å². The monoisotopic (exact) mass is 384 g/mol. The van der Waals surface area contributed by atoms with Gasteiger partial charge in [0.15, 0.2) is 6.61 Å². The minimum atomic E-state index is -0.429. The first-order chi connectivity index (χ1) is 13.6. The van der Waals surface area contributed by atoms with Crippen LogP contribution in [0.5, 0.6) is 0 Å². The minimum absolute atomic E-state index is 0.152. The lowest BCUT2D eigenvalue weighted by atomic mass is 10.1. The molecule has 0 spiro atoms. The molecule has 1 heterocycles. The molecule has 2 aromatic rings. The van der Waals surface area contributed by atoms with Crippen LogP contribution in [0.2, 0.25) is 0 Å². The lowest BCUT2D eigenvalue weighted by molar-refractivity contribution is -0.120. The highest BCUT2D eigenvalue weighted by atomic mass is 19.1. The third kappa shape index (κ3) is 5.80. The van der Waals surface area contributed by atoms with Gasteiger partial charge in [-0.05, 0) is 30.3 Å². The molecule has 0 saturated carbocycles. The van der Waals surface area contributed by atoms with E-state index in [1.165, 1.54) is 18.2 Å². The van der Waals surface area contributed by atoms with Crippen LogP contribution in [0, 0.1) is 5.82 Å². The second-order valence-corrected chi connectivity index (χ2v) is 6.27. The van der Waals surface area contributed by atoms with Gasteiger partial charge in [-0.2, -0.15) is 0 Å². The summed E-state index contributed by atoms with van der Waals surface area (Å²) >= 11 is 0. The molecule has 3 amide bonds. The van der Waals surface area contributed by atoms with Crippen LogP contribution in [-0.2, 0) is 9.63 Å². The van der Waals surface area contributed by atoms with Gasteiger partial charge < -0.3 is 20.4 Å². The van der Waals surface area contributed by atoms with Gasteiger partial charge in [0, 0.05) is 37.3 Å². The van der Waals surface area contributed by atoms with Gasteiger partial charge >= 0.3 is 6.03 Å². The average Bonchev–Trinajstić information content (AvgIpc) is 2.69. The average molecular weight is 384 g/mol. The first kappa shape index (κ1) is 19.3. The molecule has 0 bridgehead atoms. The maximum Gasteiger partial charge on any atom is 0.321 e. The number of carbonyl (C=O) groups is 2. The van der Waals surface area contributed by atoms with Crippen LogP contribution in [0.4, 0.5) is 20.6 Å². The predicted molar refractivity (Wildman–Crippen MR) is 105 cm³/mol. The lowest BCUT2D eigenvalue weighted by Crippen LogP contribution is -2.41. The fourth-order valence-electron chi connectivity index (χ4n) is 2.73. The van der Waals surface area contributed by atoms with Crippen molar-refractivity contribution in [2.24, 2.45) is 5.16 Å². The summed E-state index contributed by atoms with van der Waals surface area (Å²) in [6.45, 7) is 0.783. The summed E-state index contributed by atoms with van der Waals surface area (Å²) in [5.74, 6) is -0.850. The van der Waals surface area contributed by atoms with E-state index in [1.54, 1.807) is 11.0 Å². The number of likely N-dealkylation sites (tertiary alicyclic amines) is 1. The molecule has 0 atom stereocenters. The van der Waals surface area contributed by atoms with Crippen LogP contribution in [-0.4, -0.2) is 42.2 Å². The van der Waals surface area contributed by atoms with E-state index in [0.29, 0.717) is 31.6 Å². The van der Waals surface area contributed by atoms with E-state index >= 15 is 0 Å². The quantitative estimate of drug-likeness (QED) is 0.775. The smallest absolute Gasteiger partial charge is 0.321 e. The van der Waals surface area contributed by atoms with Crippen molar-refractivity contribution in [3.05, 3.63) is 60.4 Å². The van der Waals surface area contributed by atoms with E-state index in [2.05, 4.69) is 15.8 Å². The van der Waals surface area contributed by atoms with Gasteiger partial charge in [0.1, 0.15) is 5.82 Å². The van der Waals surface area contributed by atoms with Crippen molar-refractivity contribution in [1.29, 1.82) is 0 Å². The van der Waals surface area contributed by atoms with Gasteiger partial charge in [0.05, 0.1) is 5.71 Å². The molecule has 1 aliphatic rings. The molecular weight excluding hydrogens is 363 g/mol. The highest BCUT2D eigenvalue weighted by molar-refractivity contribution is 5.93. The van der Waals surface area contributed by atoms with E-state index < -0.39 is 11.7 Å². The molecule has 7 nitrogen and oxygen atoms in total. The number of oxime groups is 1. The van der Waals surface area contributed by atoms with Crippen molar-refractivity contribution in [3.63, 3.8) is 0 Å². The van der Waals surface area contributed by atoms with Gasteiger partial charge in [-0.25, -0.2) is 9.18 Å². The van der Waals surface area contributed by atoms with E-state index in [9.17, 15) is 14.0 Å². The fraction of sp³-hybridized carbons (Fsp3) is 0.250. The molecule has 146 valence electrons. The Morgan fingerprint density at radius 2 is 1.71 bits per heavy atom. The molecule has 2 N–H and O–H groups in total. The molecule has 1 saturated heterocycles. The standard InChI is InChI=1S/C20H21FN4O3/c21-15-5-4-8-18(13-15)22-19(26)14-28-24-17-9-11-25(12-10-17)20(27)23-16-6-2-1-3-7-16/h1-8,13H,9-12,14H2,(H,22,26)(H,23,27). The number of rotatable bonds is 5. The maximum absolute atomic E-state index is 13.1. The van der Waals surface area contributed by atoms with Crippen LogP contribution in [0.1, 0.15) is 12.8 Å². The number of urea groups is 1. The van der Waals surface area contributed by atoms with E-state index in [-0.39, 0.29) is 12.6 Å². The highest BCUT2D eigenvalue weighted by Crippen LogP contribution is 2.12. The zero-order valence-corrected chi connectivity index (χ0v) is 15.2. The van der Waals surface area contributed by atoms with Crippen molar-refractivity contribution in [2.45, 2.75) is 12.8 Å². The summed E-state index contributed by atoms with van der Waals surface area (Å²) in [6, 6.07) is 14.7. The van der Waals surface area contributed by atoms with Crippen molar-refractivity contribution in [3.8, 4) is 0 Å². The molecule has 3 rings (SSSR count). The normalized spacial score (nSPS) is 13.6. The third-order valence-corrected chi connectivity index (χ3v) is 4.15. The summed E-state index contributed by atoms with van der Waals surface area (Å²) in [7, 11) is 0. The van der Waals surface area contributed by atoms with Crippen LogP contribution in [0.3, 0.4) is 0 Å². The molecule has 0 aromatic heterocycles. The minimum Gasteiger partial charge on any atom is -0.386 e. The van der Waals surface area contributed by atoms with E-state index in [0.717, 1.165) is 11.4 Å². The number of anilines is 2. The number of para-hydroxylation sites is 1. The number of piperidine rings is 1. The molecule has 0 radical (unpaired) electrons. The first-order valence-electron chi connectivity index (χ1n) is 8.94. The number of benzene rings is 2. The van der Waals surface area contributed by atoms with E-state index in [4.69, 9.17) is 4.84 Å². The molecule has 8 heteroatoms. The highest BCUT2D eigenvalue weighted by Gasteiger charge is 2.20. The lowest BCUT2D eigenvalue weighted by Gasteiger charge is -2.27. The molecular formula is C20H21FN4O3. The van der Waals surface area contributed by atoms with Crippen molar-refractivity contribution in [2.75, 3.05) is 30.3 Å². The van der Waals surface area contributed by atoms with Crippen LogP contribution in [0.15, 0.2) is 59.8 Å². The Morgan fingerprint density at radius 1 is 1.00 bits per heavy atom. The van der Waals surface area contributed by atoms with Gasteiger partial charge in [-0.1, -0.05) is 29.4 Å². The molecule has 1 fully saturated rings. The Bertz CT molecular complexity index is 848. The Morgan fingerprint density at radius 3 is 2.43 bits per heavy atom.